The Morgan fingerprint density at radius 3 is 1.64 bits per heavy atom. The fourth-order valence-corrected chi connectivity index (χ4v) is 0.351. The largest absolute Gasteiger partial charge is 0.377 e. The highest BCUT2D eigenvalue weighted by molar-refractivity contribution is 5.75. The van der Waals surface area contributed by atoms with Crippen molar-refractivity contribution in [3.05, 3.63) is 0 Å². The van der Waals surface area contributed by atoms with Crippen LogP contribution in [0, 0.1) is 0 Å². The summed E-state index contributed by atoms with van der Waals surface area (Å²) < 4.78 is 4.50. The molecule has 0 radical (unpaired) electrons. The van der Waals surface area contributed by atoms with Gasteiger partial charge in [-0.3, -0.25) is 0 Å². The molecule has 1 heterocycles. The van der Waals surface area contributed by atoms with E-state index in [0.29, 0.717) is 26.1 Å². The van der Waals surface area contributed by atoms with E-state index in [1.165, 1.54) is 0 Å². The topological polar surface area (TPSA) is 108 Å². The summed E-state index contributed by atoms with van der Waals surface area (Å²) in [5, 5.41) is 0. The van der Waals surface area contributed by atoms with Gasteiger partial charge in [-0.2, -0.15) is 0 Å². The molecule has 1 rings (SSSR count). The standard InChI is InChI=1S/C5H11NO.C2H8N2.C2H4O/c1-5(7)3-2-4-6;3-1-2-4;1-2-3-1/h2-4,6H2,1H3;1-4H2;1-2H2. The van der Waals surface area contributed by atoms with Crippen molar-refractivity contribution >= 4 is 5.78 Å². The summed E-state index contributed by atoms with van der Waals surface area (Å²) in [5.74, 6) is 0.227. The van der Waals surface area contributed by atoms with Crippen LogP contribution in [0.4, 0.5) is 0 Å². The number of carbonyl (C=O) groups excluding carboxylic acids is 1. The maximum Gasteiger partial charge on any atom is 0.129 e. The third-order valence-corrected chi connectivity index (χ3v) is 1.10. The highest BCUT2D eigenvalue weighted by Gasteiger charge is 1.94. The molecule has 14 heavy (non-hydrogen) atoms. The van der Waals surface area contributed by atoms with Crippen LogP contribution in [0.2, 0.25) is 0 Å². The Balaban J connectivity index is 0. The Morgan fingerprint density at radius 1 is 1.14 bits per heavy atom. The summed E-state index contributed by atoms with van der Waals surface area (Å²) in [6.07, 6.45) is 1.46. The predicted octanol–water partition coefficient (Wildman–Crippen LogP) is -0.765. The first-order valence-electron chi connectivity index (χ1n) is 4.86. The molecule has 0 aromatic carbocycles. The molecule has 0 amide bonds. The maximum atomic E-state index is 10.1. The number of hydrogen-bond acceptors (Lipinski definition) is 5. The van der Waals surface area contributed by atoms with Crippen LogP contribution in [0.3, 0.4) is 0 Å². The smallest absolute Gasteiger partial charge is 0.129 e. The van der Waals surface area contributed by atoms with Crippen LogP contribution in [-0.4, -0.2) is 38.6 Å². The lowest BCUT2D eigenvalue weighted by Crippen LogP contribution is -2.11. The second-order valence-electron chi connectivity index (χ2n) is 2.78. The monoisotopic (exact) mass is 205 g/mol. The van der Waals surface area contributed by atoms with Crippen LogP contribution in [0.1, 0.15) is 19.8 Å². The molecule has 0 spiro atoms. The van der Waals surface area contributed by atoms with Gasteiger partial charge in [-0.25, -0.2) is 0 Å². The SMILES string of the molecule is C1CO1.CC(=O)CCCN.NCCN. The van der Waals surface area contributed by atoms with E-state index in [0.717, 1.165) is 19.6 Å². The zero-order chi connectivity index (χ0) is 11.2. The molecule has 0 aromatic rings. The number of ketones is 1. The van der Waals surface area contributed by atoms with Crippen molar-refractivity contribution in [1.29, 1.82) is 0 Å². The molecule has 1 fully saturated rings. The Labute approximate surface area is 86.0 Å². The molecule has 0 bridgehead atoms. The van der Waals surface area contributed by atoms with Crippen molar-refractivity contribution in [2.45, 2.75) is 19.8 Å². The van der Waals surface area contributed by atoms with Crippen LogP contribution in [0.15, 0.2) is 0 Å². The molecular formula is C9H23N3O2. The Bertz CT molecular complexity index is 114. The number of rotatable bonds is 4. The molecule has 1 aliphatic rings. The van der Waals surface area contributed by atoms with Crippen molar-refractivity contribution in [3.63, 3.8) is 0 Å². The minimum atomic E-state index is 0.227. The van der Waals surface area contributed by atoms with Crippen LogP contribution in [0.25, 0.3) is 0 Å². The van der Waals surface area contributed by atoms with Gasteiger partial charge >= 0.3 is 0 Å². The van der Waals surface area contributed by atoms with Crippen molar-refractivity contribution in [2.24, 2.45) is 17.2 Å². The summed E-state index contributed by atoms with van der Waals surface area (Å²) in [4.78, 5) is 10.1. The van der Waals surface area contributed by atoms with Gasteiger partial charge in [0.05, 0.1) is 13.2 Å². The average Bonchev–Trinajstić information content (AvgIpc) is 3.01. The van der Waals surface area contributed by atoms with Crippen LogP contribution in [-0.2, 0) is 9.53 Å². The minimum Gasteiger partial charge on any atom is -0.377 e. The van der Waals surface area contributed by atoms with Gasteiger partial charge in [0, 0.05) is 19.5 Å². The van der Waals surface area contributed by atoms with E-state index in [2.05, 4.69) is 4.74 Å². The molecular weight excluding hydrogens is 182 g/mol. The van der Waals surface area contributed by atoms with E-state index < -0.39 is 0 Å². The minimum absolute atomic E-state index is 0.227. The number of ether oxygens (including phenoxy) is 1. The predicted molar refractivity (Wildman–Crippen MR) is 57.9 cm³/mol. The summed E-state index contributed by atoms with van der Waals surface area (Å²) >= 11 is 0. The Hall–Kier alpha value is -0.490. The van der Waals surface area contributed by atoms with E-state index in [9.17, 15) is 4.79 Å². The fourth-order valence-electron chi connectivity index (χ4n) is 0.351. The molecule has 0 unspecified atom stereocenters. The van der Waals surface area contributed by atoms with Crippen LogP contribution in [0.5, 0.6) is 0 Å². The zero-order valence-corrected chi connectivity index (χ0v) is 9.00. The summed E-state index contributed by atoms with van der Waals surface area (Å²) in [5.41, 5.74) is 14.9. The van der Waals surface area contributed by atoms with Crippen molar-refractivity contribution in [1.82, 2.24) is 0 Å². The second kappa shape index (κ2) is 15.0. The quantitative estimate of drug-likeness (QED) is 0.523. The van der Waals surface area contributed by atoms with Gasteiger partial charge in [0.1, 0.15) is 5.78 Å². The summed E-state index contributed by atoms with van der Waals surface area (Å²) in [6, 6.07) is 0. The van der Waals surface area contributed by atoms with Gasteiger partial charge in [-0.05, 0) is 19.9 Å². The Kier molecular flexibility index (Phi) is 17.1. The lowest BCUT2D eigenvalue weighted by molar-refractivity contribution is -0.117. The molecule has 0 atom stereocenters. The van der Waals surface area contributed by atoms with Gasteiger partial charge < -0.3 is 26.7 Å². The van der Waals surface area contributed by atoms with Gasteiger partial charge in [-0.1, -0.05) is 0 Å². The normalized spacial score (nSPS) is 11.7. The first-order valence-corrected chi connectivity index (χ1v) is 4.86. The summed E-state index contributed by atoms with van der Waals surface area (Å²) in [6.45, 7) is 5.40. The van der Waals surface area contributed by atoms with E-state index in [4.69, 9.17) is 17.2 Å². The third-order valence-electron chi connectivity index (χ3n) is 1.10. The van der Waals surface area contributed by atoms with E-state index in [1.54, 1.807) is 6.92 Å². The lowest BCUT2D eigenvalue weighted by Gasteiger charge is -1.87. The number of nitrogens with two attached hydrogens (primary N) is 3. The highest BCUT2D eigenvalue weighted by atomic mass is 16.6. The molecule has 1 aliphatic heterocycles. The summed E-state index contributed by atoms with van der Waals surface area (Å²) in [7, 11) is 0. The first-order chi connectivity index (χ1) is 6.68. The molecule has 86 valence electrons. The number of epoxide rings is 1. The molecule has 0 saturated carbocycles. The fraction of sp³-hybridized carbons (Fsp3) is 0.889. The van der Waals surface area contributed by atoms with Crippen molar-refractivity contribution in [3.8, 4) is 0 Å². The average molecular weight is 205 g/mol. The number of hydrogen-bond donors (Lipinski definition) is 3. The first kappa shape index (κ1) is 16.0. The second-order valence-corrected chi connectivity index (χ2v) is 2.78. The zero-order valence-electron chi connectivity index (χ0n) is 9.00. The Morgan fingerprint density at radius 2 is 1.57 bits per heavy atom. The molecule has 1 saturated heterocycles. The molecule has 6 N–H and O–H groups in total. The highest BCUT2D eigenvalue weighted by Crippen LogP contribution is 1.85. The maximum absolute atomic E-state index is 10.1. The lowest BCUT2D eigenvalue weighted by atomic mass is 10.2. The van der Waals surface area contributed by atoms with E-state index in [-0.39, 0.29) is 5.78 Å². The third kappa shape index (κ3) is 41.9. The molecule has 0 aliphatic carbocycles. The van der Waals surface area contributed by atoms with Gasteiger partial charge in [-0.15, -0.1) is 0 Å². The van der Waals surface area contributed by atoms with Crippen molar-refractivity contribution < 1.29 is 9.53 Å². The van der Waals surface area contributed by atoms with Crippen molar-refractivity contribution in [2.75, 3.05) is 32.8 Å². The van der Waals surface area contributed by atoms with Gasteiger partial charge in [0.2, 0.25) is 0 Å². The van der Waals surface area contributed by atoms with Crippen LogP contribution < -0.4 is 17.2 Å². The number of Topliss-reactive ketones (excluding diaryl/α,β-unsaturated/α-hetero) is 1. The molecule has 5 nitrogen and oxygen atoms in total. The van der Waals surface area contributed by atoms with Crippen LogP contribution >= 0.6 is 0 Å². The van der Waals surface area contributed by atoms with E-state index >= 15 is 0 Å². The molecule has 0 aromatic heterocycles. The van der Waals surface area contributed by atoms with Gasteiger partial charge in [0.15, 0.2) is 0 Å². The number of carbonyl (C=O) groups is 1. The van der Waals surface area contributed by atoms with E-state index in [1.807, 2.05) is 0 Å². The van der Waals surface area contributed by atoms with Gasteiger partial charge in [0.25, 0.3) is 0 Å². The molecule has 5 heteroatoms.